The summed E-state index contributed by atoms with van der Waals surface area (Å²) < 4.78 is 6.38. The standard InChI is InChI=1S/C14H26N2O/c1-11-10-13(2,3)17-14(15-11)6-8-16(9-7-14)12-4-5-12/h11-12,15H,4-10H2,1-3H3. The van der Waals surface area contributed by atoms with E-state index < -0.39 is 0 Å². The first-order valence-corrected chi connectivity index (χ1v) is 7.20. The Balaban J connectivity index is 1.65. The van der Waals surface area contributed by atoms with Crippen LogP contribution in [-0.4, -0.2) is 41.4 Å². The molecule has 0 aromatic carbocycles. The molecule has 0 radical (unpaired) electrons. The van der Waals surface area contributed by atoms with Gasteiger partial charge in [-0.25, -0.2) is 0 Å². The maximum atomic E-state index is 6.38. The van der Waals surface area contributed by atoms with Gasteiger partial charge < -0.3 is 9.64 Å². The Labute approximate surface area is 105 Å². The number of nitrogens with zero attached hydrogens (tertiary/aromatic N) is 1. The summed E-state index contributed by atoms with van der Waals surface area (Å²) in [7, 11) is 0. The molecule has 1 aliphatic carbocycles. The second-order valence-corrected chi connectivity index (χ2v) is 6.87. The highest BCUT2D eigenvalue weighted by molar-refractivity contribution is 4.97. The lowest BCUT2D eigenvalue weighted by atomic mass is 9.90. The van der Waals surface area contributed by atoms with Crippen LogP contribution >= 0.6 is 0 Å². The van der Waals surface area contributed by atoms with E-state index in [1.165, 1.54) is 25.9 Å². The quantitative estimate of drug-likeness (QED) is 0.757. The van der Waals surface area contributed by atoms with E-state index in [4.69, 9.17) is 4.74 Å². The molecule has 0 amide bonds. The van der Waals surface area contributed by atoms with E-state index in [1.54, 1.807) is 0 Å². The molecule has 2 heterocycles. The molecule has 0 aromatic heterocycles. The van der Waals surface area contributed by atoms with Crippen LogP contribution in [0.4, 0.5) is 0 Å². The molecule has 1 N–H and O–H groups in total. The molecule has 3 fully saturated rings. The second kappa shape index (κ2) is 3.94. The van der Waals surface area contributed by atoms with Crippen molar-refractivity contribution in [1.29, 1.82) is 0 Å². The van der Waals surface area contributed by atoms with Gasteiger partial charge in [0.2, 0.25) is 0 Å². The summed E-state index contributed by atoms with van der Waals surface area (Å²) in [6, 6.07) is 1.48. The summed E-state index contributed by atoms with van der Waals surface area (Å²) in [5.41, 5.74) is -0.00102. The number of hydrogen-bond donors (Lipinski definition) is 1. The maximum Gasteiger partial charge on any atom is 0.122 e. The predicted octanol–water partition coefficient (Wildman–Crippen LogP) is 2.12. The van der Waals surface area contributed by atoms with E-state index >= 15 is 0 Å². The minimum Gasteiger partial charge on any atom is -0.355 e. The fourth-order valence-corrected chi connectivity index (χ4v) is 3.77. The van der Waals surface area contributed by atoms with Gasteiger partial charge in [0.25, 0.3) is 0 Å². The highest BCUT2D eigenvalue weighted by Crippen LogP contribution is 2.38. The Morgan fingerprint density at radius 1 is 1.18 bits per heavy atom. The molecule has 98 valence electrons. The Bertz CT molecular complexity index is 291. The topological polar surface area (TPSA) is 24.5 Å². The first-order chi connectivity index (χ1) is 7.98. The second-order valence-electron chi connectivity index (χ2n) is 6.87. The Morgan fingerprint density at radius 3 is 2.35 bits per heavy atom. The van der Waals surface area contributed by atoms with Crippen LogP contribution in [-0.2, 0) is 4.74 Å². The van der Waals surface area contributed by atoms with Crippen LogP contribution in [0.2, 0.25) is 0 Å². The van der Waals surface area contributed by atoms with Crippen LogP contribution in [0, 0.1) is 0 Å². The highest BCUT2D eigenvalue weighted by atomic mass is 16.5. The van der Waals surface area contributed by atoms with Crippen LogP contribution in [0.5, 0.6) is 0 Å². The van der Waals surface area contributed by atoms with Crippen molar-refractivity contribution >= 4 is 0 Å². The molecule has 1 atom stereocenters. The summed E-state index contributed by atoms with van der Waals surface area (Å²) in [5.74, 6) is 0. The summed E-state index contributed by atoms with van der Waals surface area (Å²) in [5, 5.41) is 3.72. The van der Waals surface area contributed by atoms with Gasteiger partial charge in [0, 0.05) is 38.0 Å². The molecule has 3 rings (SSSR count). The van der Waals surface area contributed by atoms with Gasteiger partial charge in [0.15, 0.2) is 0 Å². The van der Waals surface area contributed by atoms with Gasteiger partial charge in [0.05, 0.1) is 5.60 Å². The van der Waals surface area contributed by atoms with Crippen LogP contribution in [0.15, 0.2) is 0 Å². The smallest absolute Gasteiger partial charge is 0.122 e. The molecular weight excluding hydrogens is 212 g/mol. The van der Waals surface area contributed by atoms with Crippen molar-refractivity contribution in [3.63, 3.8) is 0 Å². The lowest BCUT2D eigenvalue weighted by Crippen LogP contribution is -2.64. The van der Waals surface area contributed by atoms with E-state index in [2.05, 4.69) is 31.0 Å². The molecule has 3 nitrogen and oxygen atoms in total. The predicted molar refractivity (Wildman–Crippen MR) is 68.9 cm³/mol. The van der Waals surface area contributed by atoms with Crippen LogP contribution in [0.1, 0.15) is 52.9 Å². The van der Waals surface area contributed by atoms with Gasteiger partial charge in [-0.15, -0.1) is 0 Å². The molecule has 2 saturated heterocycles. The first kappa shape index (κ1) is 11.9. The summed E-state index contributed by atoms with van der Waals surface area (Å²) >= 11 is 0. The zero-order valence-corrected chi connectivity index (χ0v) is 11.5. The van der Waals surface area contributed by atoms with Crippen molar-refractivity contribution < 1.29 is 4.74 Å². The normalized spacial score (nSPS) is 37.2. The lowest BCUT2D eigenvalue weighted by Gasteiger charge is -2.52. The molecule has 1 unspecified atom stereocenters. The van der Waals surface area contributed by atoms with Crippen molar-refractivity contribution in [2.75, 3.05) is 13.1 Å². The number of likely N-dealkylation sites (tertiary alicyclic amines) is 1. The van der Waals surface area contributed by atoms with Gasteiger partial charge in [-0.2, -0.15) is 0 Å². The largest absolute Gasteiger partial charge is 0.355 e. The Hall–Kier alpha value is -0.120. The average Bonchev–Trinajstić information content (AvgIpc) is 2.98. The molecule has 0 aromatic rings. The third-order valence-electron chi connectivity index (χ3n) is 4.45. The van der Waals surface area contributed by atoms with Crippen molar-refractivity contribution in [2.24, 2.45) is 0 Å². The Morgan fingerprint density at radius 2 is 1.82 bits per heavy atom. The molecule has 2 aliphatic heterocycles. The van der Waals surface area contributed by atoms with Gasteiger partial charge in [0.1, 0.15) is 5.72 Å². The molecule has 3 heteroatoms. The van der Waals surface area contributed by atoms with Crippen molar-refractivity contribution in [1.82, 2.24) is 10.2 Å². The van der Waals surface area contributed by atoms with E-state index in [9.17, 15) is 0 Å². The molecule has 0 bridgehead atoms. The molecular formula is C14H26N2O. The third kappa shape index (κ3) is 2.51. The van der Waals surface area contributed by atoms with E-state index in [0.717, 1.165) is 25.3 Å². The van der Waals surface area contributed by atoms with E-state index in [-0.39, 0.29) is 11.3 Å². The average molecular weight is 238 g/mol. The minimum absolute atomic E-state index is 0.0341. The number of nitrogens with one attached hydrogen (secondary N) is 1. The van der Waals surface area contributed by atoms with Crippen molar-refractivity contribution in [3.8, 4) is 0 Å². The monoisotopic (exact) mass is 238 g/mol. The van der Waals surface area contributed by atoms with Crippen LogP contribution in [0.3, 0.4) is 0 Å². The first-order valence-electron chi connectivity index (χ1n) is 7.20. The summed E-state index contributed by atoms with van der Waals surface area (Å²) in [6.07, 6.45) is 6.25. The van der Waals surface area contributed by atoms with Gasteiger partial charge in [-0.05, 0) is 40.0 Å². The fourth-order valence-electron chi connectivity index (χ4n) is 3.77. The molecule has 1 spiro atoms. The van der Waals surface area contributed by atoms with Crippen molar-refractivity contribution in [3.05, 3.63) is 0 Å². The minimum atomic E-state index is -0.0352. The van der Waals surface area contributed by atoms with Gasteiger partial charge >= 0.3 is 0 Å². The summed E-state index contributed by atoms with van der Waals surface area (Å²) in [4.78, 5) is 2.66. The molecule has 3 aliphatic rings. The zero-order valence-electron chi connectivity index (χ0n) is 11.5. The summed E-state index contributed by atoms with van der Waals surface area (Å²) in [6.45, 7) is 9.18. The number of piperidine rings is 1. The molecule has 1 saturated carbocycles. The lowest BCUT2D eigenvalue weighted by molar-refractivity contribution is -0.214. The fraction of sp³-hybridized carbons (Fsp3) is 1.00. The van der Waals surface area contributed by atoms with E-state index in [1.807, 2.05) is 0 Å². The highest BCUT2D eigenvalue weighted by Gasteiger charge is 2.46. The van der Waals surface area contributed by atoms with Crippen LogP contribution < -0.4 is 5.32 Å². The SMILES string of the molecule is CC1CC(C)(C)OC2(CCN(C3CC3)CC2)N1. The number of ether oxygens (including phenoxy) is 1. The number of rotatable bonds is 1. The van der Waals surface area contributed by atoms with Crippen LogP contribution in [0.25, 0.3) is 0 Å². The van der Waals surface area contributed by atoms with E-state index in [0.29, 0.717) is 6.04 Å². The van der Waals surface area contributed by atoms with Gasteiger partial charge in [-0.3, -0.25) is 5.32 Å². The maximum absolute atomic E-state index is 6.38. The zero-order chi connectivity index (χ0) is 12.1. The van der Waals surface area contributed by atoms with Gasteiger partial charge in [-0.1, -0.05) is 0 Å². The Kier molecular flexibility index (Phi) is 2.77. The molecule has 17 heavy (non-hydrogen) atoms. The number of hydrogen-bond acceptors (Lipinski definition) is 3. The third-order valence-corrected chi connectivity index (χ3v) is 4.45. The van der Waals surface area contributed by atoms with Crippen molar-refractivity contribution in [2.45, 2.75) is 76.3 Å².